The third kappa shape index (κ3) is 4.52. The van der Waals surface area contributed by atoms with E-state index >= 15 is 0 Å². The minimum atomic E-state index is -0.112. The number of fused-ring (bicyclic) bond motifs is 1. The molecule has 136 valence electrons. The van der Waals surface area contributed by atoms with Gasteiger partial charge in [0.1, 0.15) is 11.5 Å². The first-order valence-corrected chi connectivity index (χ1v) is 9.40. The van der Waals surface area contributed by atoms with Crippen molar-refractivity contribution in [3.63, 3.8) is 0 Å². The summed E-state index contributed by atoms with van der Waals surface area (Å²) in [6.45, 7) is 6.91. The number of rotatable bonds is 7. The minimum Gasteiger partial charge on any atom is -0.494 e. The van der Waals surface area contributed by atoms with Crippen LogP contribution in [0.15, 0.2) is 36.4 Å². The summed E-state index contributed by atoms with van der Waals surface area (Å²) in [6, 6.07) is 11.8. The standard InChI is InChI=1S/C20H22N2O3S/c1-4-24-15-7-8-16-18(12-15)26-20(21-16)22-19(23)9-10-25-17-11-13(2)5-6-14(17)3/h5-8,11-12H,4,9-10H2,1-3H3,(H,21,22,23). The van der Waals surface area contributed by atoms with E-state index in [1.807, 2.05) is 57.2 Å². The molecule has 1 aromatic heterocycles. The van der Waals surface area contributed by atoms with Crippen molar-refractivity contribution in [3.05, 3.63) is 47.5 Å². The Balaban J connectivity index is 1.56. The lowest BCUT2D eigenvalue weighted by Gasteiger charge is -2.09. The maximum atomic E-state index is 12.2. The van der Waals surface area contributed by atoms with Crippen molar-refractivity contribution in [2.24, 2.45) is 0 Å². The van der Waals surface area contributed by atoms with Crippen molar-refractivity contribution in [2.45, 2.75) is 27.2 Å². The van der Waals surface area contributed by atoms with E-state index in [9.17, 15) is 4.79 Å². The maximum Gasteiger partial charge on any atom is 0.229 e. The number of carbonyl (C=O) groups is 1. The Labute approximate surface area is 157 Å². The summed E-state index contributed by atoms with van der Waals surface area (Å²) in [6.07, 6.45) is 0.271. The van der Waals surface area contributed by atoms with Crippen molar-refractivity contribution in [1.29, 1.82) is 0 Å². The van der Waals surface area contributed by atoms with Crippen molar-refractivity contribution in [2.75, 3.05) is 18.5 Å². The van der Waals surface area contributed by atoms with E-state index in [1.54, 1.807) is 0 Å². The van der Waals surface area contributed by atoms with Crippen LogP contribution in [-0.2, 0) is 4.79 Å². The average Bonchev–Trinajstić information content (AvgIpc) is 2.99. The first kappa shape index (κ1) is 18.2. The highest BCUT2D eigenvalue weighted by atomic mass is 32.1. The average molecular weight is 370 g/mol. The number of amides is 1. The van der Waals surface area contributed by atoms with E-state index in [2.05, 4.69) is 10.3 Å². The van der Waals surface area contributed by atoms with E-state index in [4.69, 9.17) is 9.47 Å². The summed E-state index contributed by atoms with van der Waals surface area (Å²) in [5, 5.41) is 3.43. The van der Waals surface area contributed by atoms with Gasteiger partial charge in [0, 0.05) is 0 Å². The molecule has 3 rings (SSSR count). The predicted octanol–water partition coefficient (Wildman–Crippen LogP) is 4.72. The zero-order valence-electron chi connectivity index (χ0n) is 15.2. The zero-order chi connectivity index (χ0) is 18.5. The van der Waals surface area contributed by atoms with E-state index in [0.717, 1.165) is 32.8 Å². The van der Waals surface area contributed by atoms with Gasteiger partial charge in [0.05, 0.1) is 29.9 Å². The first-order chi connectivity index (χ1) is 12.5. The number of thiazole rings is 1. The number of benzene rings is 2. The lowest BCUT2D eigenvalue weighted by atomic mass is 10.1. The second-order valence-corrected chi connectivity index (χ2v) is 7.03. The van der Waals surface area contributed by atoms with E-state index in [1.165, 1.54) is 11.3 Å². The van der Waals surface area contributed by atoms with Crippen LogP contribution in [0.25, 0.3) is 10.2 Å². The number of hydrogen-bond acceptors (Lipinski definition) is 5. The molecule has 0 spiro atoms. The van der Waals surface area contributed by atoms with Gasteiger partial charge in [0.15, 0.2) is 5.13 Å². The molecule has 0 saturated heterocycles. The fourth-order valence-electron chi connectivity index (χ4n) is 2.51. The molecule has 0 aliphatic heterocycles. The van der Waals surface area contributed by atoms with Crippen LogP contribution in [0.2, 0.25) is 0 Å². The molecule has 3 aromatic rings. The van der Waals surface area contributed by atoms with Gasteiger partial charge in [-0.2, -0.15) is 0 Å². The van der Waals surface area contributed by atoms with Crippen LogP contribution < -0.4 is 14.8 Å². The summed E-state index contributed by atoms with van der Waals surface area (Å²) in [7, 11) is 0. The van der Waals surface area contributed by atoms with Crippen LogP contribution in [0, 0.1) is 13.8 Å². The molecule has 1 amide bonds. The molecule has 0 radical (unpaired) electrons. The van der Waals surface area contributed by atoms with E-state index in [-0.39, 0.29) is 12.3 Å². The summed E-state index contributed by atoms with van der Waals surface area (Å²) >= 11 is 1.44. The van der Waals surface area contributed by atoms with Crippen LogP contribution in [0.5, 0.6) is 11.5 Å². The molecule has 1 N–H and O–H groups in total. The molecule has 5 nitrogen and oxygen atoms in total. The molecule has 0 aliphatic carbocycles. The van der Waals surface area contributed by atoms with Crippen LogP contribution in [0.4, 0.5) is 5.13 Å². The van der Waals surface area contributed by atoms with Crippen LogP contribution in [-0.4, -0.2) is 24.1 Å². The minimum absolute atomic E-state index is 0.112. The number of aromatic nitrogens is 1. The third-order valence-corrected chi connectivity index (χ3v) is 4.78. The number of aryl methyl sites for hydroxylation is 2. The van der Waals surface area contributed by atoms with E-state index < -0.39 is 0 Å². The fraction of sp³-hybridized carbons (Fsp3) is 0.300. The van der Waals surface area contributed by atoms with Crippen molar-refractivity contribution in [3.8, 4) is 11.5 Å². The molecule has 6 heteroatoms. The van der Waals surface area contributed by atoms with Gasteiger partial charge in [-0.25, -0.2) is 4.98 Å². The topological polar surface area (TPSA) is 60.5 Å². The summed E-state index contributed by atoms with van der Waals surface area (Å²) in [5.41, 5.74) is 3.05. The normalized spacial score (nSPS) is 10.7. The predicted molar refractivity (Wildman–Crippen MR) is 105 cm³/mol. The molecule has 2 aromatic carbocycles. The van der Waals surface area contributed by atoms with Gasteiger partial charge < -0.3 is 14.8 Å². The number of hydrogen-bond donors (Lipinski definition) is 1. The summed E-state index contributed by atoms with van der Waals surface area (Å²) < 4.78 is 12.2. The molecule has 0 unspecified atom stereocenters. The molecule has 0 bridgehead atoms. The van der Waals surface area contributed by atoms with Crippen LogP contribution in [0.1, 0.15) is 24.5 Å². The lowest BCUT2D eigenvalue weighted by Crippen LogP contribution is -2.15. The lowest BCUT2D eigenvalue weighted by molar-refractivity contribution is -0.116. The van der Waals surface area contributed by atoms with E-state index in [0.29, 0.717) is 18.3 Å². The van der Waals surface area contributed by atoms with Crippen LogP contribution in [0.3, 0.4) is 0 Å². The molecule has 1 heterocycles. The Morgan fingerprint density at radius 2 is 2.00 bits per heavy atom. The van der Waals surface area contributed by atoms with Gasteiger partial charge >= 0.3 is 0 Å². The first-order valence-electron chi connectivity index (χ1n) is 8.58. The molecular formula is C20H22N2O3S. The highest BCUT2D eigenvalue weighted by Crippen LogP contribution is 2.29. The molecule has 0 saturated carbocycles. The molecule has 0 aliphatic rings. The van der Waals surface area contributed by atoms with Gasteiger partial charge in [-0.05, 0) is 56.2 Å². The highest BCUT2D eigenvalue weighted by Gasteiger charge is 2.09. The largest absolute Gasteiger partial charge is 0.494 e. The maximum absolute atomic E-state index is 12.2. The highest BCUT2D eigenvalue weighted by molar-refractivity contribution is 7.22. The fourth-order valence-corrected chi connectivity index (χ4v) is 3.42. The number of ether oxygens (including phenoxy) is 2. The van der Waals surface area contributed by atoms with Gasteiger partial charge in [-0.3, -0.25) is 4.79 Å². The number of carbonyl (C=O) groups excluding carboxylic acids is 1. The SMILES string of the molecule is CCOc1ccc2nc(NC(=O)CCOc3cc(C)ccc3C)sc2c1. The Kier molecular flexibility index (Phi) is 5.73. The Morgan fingerprint density at radius 3 is 2.81 bits per heavy atom. The van der Waals surface area contributed by atoms with Gasteiger partial charge in [-0.15, -0.1) is 0 Å². The smallest absolute Gasteiger partial charge is 0.229 e. The van der Waals surface area contributed by atoms with Gasteiger partial charge in [0.25, 0.3) is 0 Å². The molecule has 0 atom stereocenters. The monoisotopic (exact) mass is 370 g/mol. The van der Waals surface area contributed by atoms with Gasteiger partial charge in [0.2, 0.25) is 5.91 Å². The second kappa shape index (κ2) is 8.19. The third-order valence-electron chi connectivity index (χ3n) is 3.85. The summed E-state index contributed by atoms with van der Waals surface area (Å²) in [4.78, 5) is 16.6. The zero-order valence-corrected chi connectivity index (χ0v) is 16.0. The molecule has 26 heavy (non-hydrogen) atoms. The Morgan fingerprint density at radius 1 is 1.15 bits per heavy atom. The Hall–Kier alpha value is -2.60. The van der Waals surface area contributed by atoms with Gasteiger partial charge in [-0.1, -0.05) is 23.5 Å². The molecule has 0 fully saturated rings. The number of nitrogens with zero attached hydrogens (tertiary/aromatic N) is 1. The van der Waals surface area contributed by atoms with Crippen molar-refractivity contribution in [1.82, 2.24) is 4.98 Å². The number of nitrogens with one attached hydrogen (secondary N) is 1. The molecular weight excluding hydrogens is 348 g/mol. The van der Waals surface area contributed by atoms with Crippen molar-refractivity contribution >= 4 is 32.6 Å². The van der Waals surface area contributed by atoms with Crippen LogP contribution >= 0.6 is 11.3 Å². The number of anilines is 1. The second-order valence-electron chi connectivity index (χ2n) is 6.00. The summed E-state index contributed by atoms with van der Waals surface area (Å²) in [5.74, 6) is 1.52. The quantitative estimate of drug-likeness (QED) is 0.654. The van der Waals surface area contributed by atoms with Crippen molar-refractivity contribution < 1.29 is 14.3 Å². The Bertz CT molecular complexity index is 921.